The van der Waals surface area contributed by atoms with Crippen LogP contribution in [0, 0.1) is 5.82 Å². The second-order valence-electron chi connectivity index (χ2n) is 4.46. The van der Waals surface area contributed by atoms with Crippen molar-refractivity contribution < 1.29 is 17.5 Å². The summed E-state index contributed by atoms with van der Waals surface area (Å²) in [5.74, 6) is 0.138. The van der Waals surface area contributed by atoms with E-state index in [0.29, 0.717) is 5.75 Å². The number of sulfonamides is 1. The van der Waals surface area contributed by atoms with Crippen LogP contribution < -0.4 is 9.46 Å². The first-order valence-corrected chi connectivity index (χ1v) is 8.21. The molecule has 0 unspecified atom stereocenters. The van der Waals surface area contributed by atoms with E-state index in [0.717, 1.165) is 11.0 Å². The topological polar surface area (TPSA) is 55.4 Å². The number of rotatable bonds is 7. The summed E-state index contributed by atoms with van der Waals surface area (Å²) < 4.78 is 43.9. The molecule has 0 aliphatic rings. The molecule has 0 fully saturated rings. The van der Waals surface area contributed by atoms with Crippen LogP contribution in [0.15, 0.2) is 60.0 Å². The number of ether oxygens (including phenoxy) is 1. The van der Waals surface area contributed by atoms with Crippen molar-refractivity contribution in [3.05, 3.63) is 71.4 Å². The number of benzene rings is 2. The van der Waals surface area contributed by atoms with Crippen molar-refractivity contribution in [2.45, 2.75) is 0 Å². The molecular formula is C16H16FNO3S. The molecule has 116 valence electrons. The van der Waals surface area contributed by atoms with E-state index in [1.54, 1.807) is 0 Å². The van der Waals surface area contributed by atoms with Crippen LogP contribution >= 0.6 is 0 Å². The highest BCUT2D eigenvalue weighted by molar-refractivity contribution is 7.92. The minimum atomic E-state index is -3.51. The molecule has 4 nitrogen and oxygen atoms in total. The first-order valence-electron chi connectivity index (χ1n) is 6.66. The molecule has 6 heteroatoms. The predicted octanol–water partition coefficient (Wildman–Crippen LogP) is 2.79. The molecule has 0 saturated carbocycles. The van der Waals surface area contributed by atoms with Gasteiger partial charge in [0.05, 0.1) is 0 Å². The first-order chi connectivity index (χ1) is 10.6. The highest BCUT2D eigenvalue weighted by atomic mass is 32.2. The van der Waals surface area contributed by atoms with Crippen LogP contribution in [0.5, 0.6) is 5.75 Å². The van der Waals surface area contributed by atoms with Gasteiger partial charge in [-0.1, -0.05) is 30.3 Å². The lowest BCUT2D eigenvalue weighted by atomic mass is 10.2. The smallest absolute Gasteiger partial charge is 0.233 e. The van der Waals surface area contributed by atoms with Gasteiger partial charge in [-0.25, -0.2) is 17.5 Å². The zero-order valence-electron chi connectivity index (χ0n) is 11.8. The normalized spacial score (nSPS) is 11.7. The summed E-state index contributed by atoms with van der Waals surface area (Å²) in [6.45, 7) is 0.281. The number of halogens is 1. The Morgan fingerprint density at radius 1 is 1.05 bits per heavy atom. The van der Waals surface area contributed by atoms with Crippen LogP contribution in [-0.4, -0.2) is 21.6 Å². The van der Waals surface area contributed by atoms with Crippen LogP contribution in [-0.2, 0) is 10.0 Å². The van der Waals surface area contributed by atoms with E-state index in [1.807, 2.05) is 30.3 Å². The third-order valence-corrected chi connectivity index (χ3v) is 3.83. The van der Waals surface area contributed by atoms with Gasteiger partial charge < -0.3 is 4.74 Å². The van der Waals surface area contributed by atoms with Crippen molar-refractivity contribution in [1.29, 1.82) is 0 Å². The third kappa shape index (κ3) is 5.67. The van der Waals surface area contributed by atoms with Gasteiger partial charge in [0.25, 0.3) is 0 Å². The van der Waals surface area contributed by atoms with Crippen molar-refractivity contribution in [1.82, 2.24) is 4.72 Å². The molecule has 0 spiro atoms. The summed E-state index contributed by atoms with van der Waals surface area (Å²) in [6, 6.07) is 14.7. The monoisotopic (exact) mass is 321 g/mol. The Morgan fingerprint density at radius 3 is 2.41 bits per heavy atom. The lowest BCUT2D eigenvalue weighted by Crippen LogP contribution is -2.26. The molecule has 0 radical (unpaired) electrons. The minimum Gasteiger partial charge on any atom is -0.492 e. The second kappa shape index (κ2) is 7.72. The fourth-order valence-corrected chi connectivity index (χ4v) is 2.46. The van der Waals surface area contributed by atoms with Gasteiger partial charge in [0, 0.05) is 12.0 Å². The van der Waals surface area contributed by atoms with E-state index in [1.165, 1.54) is 30.3 Å². The van der Waals surface area contributed by atoms with Gasteiger partial charge in [0.15, 0.2) is 0 Å². The standard InChI is InChI=1S/C16H16FNO3S/c17-15-6-8-16(9-7-15)21-12-11-18-22(19,20)13-10-14-4-2-1-3-5-14/h1-10,13,18H,11-12H2/b13-10+. The Labute approximate surface area is 129 Å². The number of hydrogen-bond acceptors (Lipinski definition) is 3. The zero-order chi connectivity index (χ0) is 15.8. The second-order valence-corrected chi connectivity index (χ2v) is 6.11. The molecular weight excluding hydrogens is 305 g/mol. The molecule has 0 bridgehead atoms. The summed E-state index contributed by atoms with van der Waals surface area (Å²) in [5.41, 5.74) is 0.801. The van der Waals surface area contributed by atoms with Gasteiger partial charge >= 0.3 is 0 Å². The molecule has 1 N–H and O–H groups in total. The van der Waals surface area contributed by atoms with E-state index in [2.05, 4.69) is 4.72 Å². The number of hydrogen-bond donors (Lipinski definition) is 1. The highest BCUT2D eigenvalue weighted by Crippen LogP contribution is 2.10. The average Bonchev–Trinajstić information content (AvgIpc) is 2.52. The van der Waals surface area contributed by atoms with Gasteiger partial charge in [0.2, 0.25) is 10.0 Å². The molecule has 0 saturated heterocycles. The molecule has 0 atom stereocenters. The van der Waals surface area contributed by atoms with Crippen LogP contribution in [0.4, 0.5) is 4.39 Å². The van der Waals surface area contributed by atoms with E-state index in [9.17, 15) is 12.8 Å². The molecule has 0 heterocycles. The summed E-state index contributed by atoms with van der Waals surface area (Å²) in [4.78, 5) is 0. The Hall–Kier alpha value is -2.18. The van der Waals surface area contributed by atoms with Crippen molar-refractivity contribution in [2.75, 3.05) is 13.2 Å². The van der Waals surface area contributed by atoms with Crippen LogP contribution in [0.2, 0.25) is 0 Å². The predicted molar refractivity (Wildman–Crippen MR) is 84.3 cm³/mol. The molecule has 2 aromatic carbocycles. The molecule has 2 rings (SSSR count). The fraction of sp³-hybridized carbons (Fsp3) is 0.125. The van der Waals surface area contributed by atoms with Crippen molar-refractivity contribution in [2.24, 2.45) is 0 Å². The quantitative estimate of drug-likeness (QED) is 0.798. The molecule has 0 aliphatic carbocycles. The Kier molecular flexibility index (Phi) is 5.68. The third-order valence-electron chi connectivity index (χ3n) is 2.73. The zero-order valence-corrected chi connectivity index (χ0v) is 12.6. The Bertz CT molecular complexity index is 713. The molecule has 0 aromatic heterocycles. The lowest BCUT2D eigenvalue weighted by molar-refractivity contribution is 0.322. The average molecular weight is 321 g/mol. The lowest BCUT2D eigenvalue weighted by Gasteiger charge is -2.06. The van der Waals surface area contributed by atoms with Crippen LogP contribution in [0.1, 0.15) is 5.56 Å². The summed E-state index contributed by atoms with van der Waals surface area (Å²) in [6.07, 6.45) is 1.52. The maximum atomic E-state index is 12.7. The largest absolute Gasteiger partial charge is 0.492 e. The first kappa shape index (κ1) is 16.2. The van der Waals surface area contributed by atoms with E-state index < -0.39 is 10.0 Å². The van der Waals surface area contributed by atoms with Crippen molar-refractivity contribution in [3.8, 4) is 5.75 Å². The fourth-order valence-electron chi connectivity index (χ4n) is 1.66. The van der Waals surface area contributed by atoms with E-state index >= 15 is 0 Å². The molecule has 0 aliphatic heterocycles. The van der Waals surface area contributed by atoms with E-state index in [4.69, 9.17) is 4.74 Å². The van der Waals surface area contributed by atoms with Crippen LogP contribution in [0.25, 0.3) is 6.08 Å². The Balaban J connectivity index is 1.78. The highest BCUT2D eigenvalue weighted by Gasteiger charge is 2.04. The van der Waals surface area contributed by atoms with E-state index in [-0.39, 0.29) is 19.0 Å². The van der Waals surface area contributed by atoms with Gasteiger partial charge in [-0.3, -0.25) is 0 Å². The van der Waals surface area contributed by atoms with Crippen LogP contribution in [0.3, 0.4) is 0 Å². The summed E-state index contributed by atoms with van der Waals surface area (Å²) in [5, 5.41) is 1.11. The van der Waals surface area contributed by atoms with Crippen molar-refractivity contribution >= 4 is 16.1 Å². The van der Waals surface area contributed by atoms with Gasteiger partial charge in [-0.2, -0.15) is 0 Å². The minimum absolute atomic E-state index is 0.124. The summed E-state index contributed by atoms with van der Waals surface area (Å²) >= 11 is 0. The Morgan fingerprint density at radius 2 is 1.73 bits per heavy atom. The maximum absolute atomic E-state index is 12.7. The van der Waals surface area contributed by atoms with Crippen molar-refractivity contribution in [3.63, 3.8) is 0 Å². The molecule has 22 heavy (non-hydrogen) atoms. The van der Waals surface area contributed by atoms with Gasteiger partial charge in [0.1, 0.15) is 18.2 Å². The van der Waals surface area contributed by atoms with Gasteiger partial charge in [-0.05, 0) is 35.9 Å². The maximum Gasteiger partial charge on any atom is 0.233 e. The number of nitrogens with one attached hydrogen (secondary N) is 1. The molecule has 0 amide bonds. The SMILES string of the molecule is O=S(=O)(/C=C/c1ccccc1)NCCOc1ccc(F)cc1. The molecule has 2 aromatic rings. The summed E-state index contributed by atoms with van der Waals surface area (Å²) in [7, 11) is -3.51. The van der Waals surface area contributed by atoms with Gasteiger partial charge in [-0.15, -0.1) is 0 Å².